The number of aliphatic hydroxyl groups excluding tert-OH is 1. The largest absolute Gasteiger partial charge is 0.392 e. The summed E-state index contributed by atoms with van der Waals surface area (Å²) >= 11 is 0. The van der Waals surface area contributed by atoms with Crippen molar-refractivity contribution in [2.24, 2.45) is 0 Å². The van der Waals surface area contributed by atoms with E-state index in [-0.39, 0.29) is 6.61 Å². The fraction of sp³-hybridized carbons (Fsp3) is 0.214. The molecule has 0 unspecified atom stereocenters. The molecular formula is C14H14N4O2. The average Bonchev–Trinajstić information content (AvgIpc) is 3.15. The molecule has 0 saturated heterocycles. The third-order valence-corrected chi connectivity index (χ3v) is 3.00. The highest BCUT2D eigenvalue weighted by Gasteiger charge is 2.12. The van der Waals surface area contributed by atoms with Crippen molar-refractivity contribution in [3.05, 3.63) is 42.2 Å². The molecule has 0 aliphatic heterocycles. The Morgan fingerprint density at radius 3 is 2.95 bits per heavy atom. The molecule has 1 aromatic carbocycles. The molecular weight excluding hydrogens is 256 g/mol. The van der Waals surface area contributed by atoms with Crippen LogP contribution in [0.5, 0.6) is 0 Å². The Morgan fingerprint density at radius 2 is 2.20 bits per heavy atom. The van der Waals surface area contributed by atoms with E-state index in [1.807, 2.05) is 37.4 Å². The lowest BCUT2D eigenvalue weighted by molar-refractivity contribution is 0.282. The standard InChI is InChI=1S/C14H14N4O2/c1-2-18-8-12(7-15-18)14-16-13(17-20-14)11-5-3-4-10(6-11)9-19/h3-8,19H,2,9H2,1H3. The van der Waals surface area contributed by atoms with E-state index < -0.39 is 0 Å². The van der Waals surface area contributed by atoms with Crippen molar-refractivity contribution in [2.75, 3.05) is 0 Å². The van der Waals surface area contributed by atoms with Gasteiger partial charge in [-0.2, -0.15) is 10.1 Å². The third-order valence-electron chi connectivity index (χ3n) is 3.00. The summed E-state index contributed by atoms with van der Waals surface area (Å²) in [6.45, 7) is 2.79. The molecule has 20 heavy (non-hydrogen) atoms. The van der Waals surface area contributed by atoms with Crippen LogP contribution >= 0.6 is 0 Å². The van der Waals surface area contributed by atoms with E-state index >= 15 is 0 Å². The second kappa shape index (κ2) is 5.26. The van der Waals surface area contributed by atoms with Crippen molar-refractivity contribution in [3.63, 3.8) is 0 Å². The number of aryl methyl sites for hydroxylation is 1. The molecule has 2 heterocycles. The Bertz CT molecular complexity index is 717. The van der Waals surface area contributed by atoms with Crippen molar-refractivity contribution >= 4 is 0 Å². The summed E-state index contributed by atoms with van der Waals surface area (Å²) in [6, 6.07) is 7.41. The van der Waals surface area contributed by atoms with Gasteiger partial charge in [-0.15, -0.1) is 0 Å². The molecule has 0 aliphatic rings. The maximum atomic E-state index is 9.15. The van der Waals surface area contributed by atoms with Gasteiger partial charge in [-0.05, 0) is 18.6 Å². The van der Waals surface area contributed by atoms with Gasteiger partial charge in [0.15, 0.2) is 0 Å². The molecule has 0 radical (unpaired) electrons. The summed E-state index contributed by atoms with van der Waals surface area (Å²) in [5.74, 6) is 0.939. The number of aliphatic hydroxyl groups is 1. The van der Waals surface area contributed by atoms with Gasteiger partial charge in [0.2, 0.25) is 5.82 Å². The fourth-order valence-electron chi connectivity index (χ4n) is 1.91. The van der Waals surface area contributed by atoms with Crippen LogP contribution in [0.3, 0.4) is 0 Å². The van der Waals surface area contributed by atoms with Crippen LogP contribution in [-0.4, -0.2) is 25.0 Å². The first-order chi connectivity index (χ1) is 9.80. The van der Waals surface area contributed by atoms with Gasteiger partial charge in [0.25, 0.3) is 5.89 Å². The van der Waals surface area contributed by atoms with Gasteiger partial charge in [0, 0.05) is 18.3 Å². The fourth-order valence-corrected chi connectivity index (χ4v) is 1.91. The van der Waals surface area contributed by atoms with Gasteiger partial charge in [-0.25, -0.2) is 0 Å². The summed E-state index contributed by atoms with van der Waals surface area (Å²) in [6.07, 6.45) is 3.56. The quantitative estimate of drug-likeness (QED) is 0.785. The summed E-state index contributed by atoms with van der Waals surface area (Å²) < 4.78 is 7.06. The van der Waals surface area contributed by atoms with E-state index in [1.54, 1.807) is 10.9 Å². The lowest BCUT2D eigenvalue weighted by Crippen LogP contribution is -1.91. The lowest BCUT2D eigenvalue weighted by atomic mass is 10.1. The maximum Gasteiger partial charge on any atom is 0.261 e. The molecule has 3 rings (SSSR count). The minimum Gasteiger partial charge on any atom is -0.392 e. The Balaban J connectivity index is 1.93. The van der Waals surface area contributed by atoms with Crippen LogP contribution in [0.1, 0.15) is 12.5 Å². The van der Waals surface area contributed by atoms with Gasteiger partial charge in [-0.1, -0.05) is 23.4 Å². The first-order valence-corrected chi connectivity index (χ1v) is 6.37. The highest BCUT2D eigenvalue weighted by Crippen LogP contribution is 2.22. The average molecular weight is 270 g/mol. The Kier molecular flexibility index (Phi) is 3.30. The predicted molar refractivity (Wildman–Crippen MR) is 72.6 cm³/mol. The molecule has 0 aliphatic carbocycles. The molecule has 6 nitrogen and oxygen atoms in total. The summed E-state index contributed by atoms with van der Waals surface area (Å²) in [5.41, 5.74) is 2.42. The molecule has 3 aromatic rings. The van der Waals surface area contributed by atoms with E-state index in [0.717, 1.165) is 23.2 Å². The van der Waals surface area contributed by atoms with Crippen LogP contribution in [0.4, 0.5) is 0 Å². The van der Waals surface area contributed by atoms with Gasteiger partial charge in [0.1, 0.15) is 0 Å². The normalized spacial score (nSPS) is 10.9. The van der Waals surface area contributed by atoms with Crippen molar-refractivity contribution in [1.82, 2.24) is 19.9 Å². The second-order valence-corrected chi connectivity index (χ2v) is 4.37. The molecule has 0 bridgehead atoms. The molecule has 0 saturated carbocycles. The van der Waals surface area contributed by atoms with E-state index in [4.69, 9.17) is 9.63 Å². The first-order valence-electron chi connectivity index (χ1n) is 6.37. The number of benzene rings is 1. The van der Waals surface area contributed by atoms with Crippen molar-refractivity contribution in [2.45, 2.75) is 20.1 Å². The van der Waals surface area contributed by atoms with E-state index in [0.29, 0.717) is 11.7 Å². The van der Waals surface area contributed by atoms with E-state index in [2.05, 4.69) is 15.2 Å². The molecule has 102 valence electrons. The lowest BCUT2D eigenvalue weighted by Gasteiger charge is -1.97. The van der Waals surface area contributed by atoms with E-state index in [9.17, 15) is 0 Å². The van der Waals surface area contributed by atoms with Crippen molar-refractivity contribution in [1.29, 1.82) is 0 Å². The number of rotatable bonds is 4. The summed E-state index contributed by atoms with van der Waals surface area (Å²) in [4.78, 5) is 4.36. The Morgan fingerprint density at radius 1 is 1.30 bits per heavy atom. The van der Waals surface area contributed by atoms with Crippen LogP contribution < -0.4 is 0 Å². The number of hydrogen-bond donors (Lipinski definition) is 1. The minimum absolute atomic E-state index is 0.0121. The Hall–Kier alpha value is -2.47. The number of aromatic nitrogens is 4. The van der Waals surface area contributed by atoms with Gasteiger partial charge in [-0.3, -0.25) is 4.68 Å². The first kappa shape index (κ1) is 12.6. The zero-order chi connectivity index (χ0) is 13.9. The molecule has 0 amide bonds. The molecule has 2 aromatic heterocycles. The Labute approximate surface area is 115 Å². The number of nitrogens with zero attached hydrogens (tertiary/aromatic N) is 4. The zero-order valence-corrected chi connectivity index (χ0v) is 11.0. The predicted octanol–water partition coefficient (Wildman–Crippen LogP) is 2.11. The van der Waals surface area contributed by atoms with Gasteiger partial charge < -0.3 is 9.63 Å². The highest BCUT2D eigenvalue weighted by molar-refractivity contribution is 5.59. The zero-order valence-electron chi connectivity index (χ0n) is 11.0. The third kappa shape index (κ3) is 2.33. The van der Waals surface area contributed by atoms with Crippen molar-refractivity contribution < 1.29 is 9.63 Å². The van der Waals surface area contributed by atoms with E-state index in [1.165, 1.54) is 0 Å². The van der Waals surface area contributed by atoms with Crippen LogP contribution in [0, 0.1) is 0 Å². The van der Waals surface area contributed by atoms with Crippen LogP contribution in [0.2, 0.25) is 0 Å². The molecule has 0 fully saturated rings. The topological polar surface area (TPSA) is 77.0 Å². The smallest absolute Gasteiger partial charge is 0.261 e. The van der Waals surface area contributed by atoms with Crippen LogP contribution in [0.25, 0.3) is 22.8 Å². The number of hydrogen-bond acceptors (Lipinski definition) is 5. The molecule has 0 spiro atoms. The second-order valence-electron chi connectivity index (χ2n) is 4.37. The minimum atomic E-state index is -0.0121. The van der Waals surface area contributed by atoms with Crippen LogP contribution in [-0.2, 0) is 13.2 Å². The van der Waals surface area contributed by atoms with Crippen molar-refractivity contribution in [3.8, 4) is 22.8 Å². The maximum absolute atomic E-state index is 9.15. The monoisotopic (exact) mass is 270 g/mol. The summed E-state index contributed by atoms with van der Waals surface area (Å²) in [5, 5.41) is 17.3. The molecule has 0 atom stereocenters. The van der Waals surface area contributed by atoms with Gasteiger partial charge in [0.05, 0.1) is 18.4 Å². The SMILES string of the molecule is CCn1cc(-c2nc(-c3cccc(CO)c3)no2)cn1. The molecule has 1 N–H and O–H groups in total. The highest BCUT2D eigenvalue weighted by atomic mass is 16.5. The molecule has 6 heteroatoms. The van der Waals surface area contributed by atoms with Crippen LogP contribution in [0.15, 0.2) is 41.2 Å². The van der Waals surface area contributed by atoms with Gasteiger partial charge >= 0.3 is 0 Å². The summed E-state index contributed by atoms with van der Waals surface area (Å²) in [7, 11) is 0.